The number of hydrogen-bond donors (Lipinski definition) is 1. The number of aromatic nitrogens is 4. The third-order valence-electron chi connectivity index (χ3n) is 4.98. The maximum absolute atomic E-state index is 12.6. The van der Waals surface area contributed by atoms with Gasteiger partial charge in [-0.1, -0.05) is 0 Å². The fourth-order valence-corrected chi connectivity index (χ4v) is 3.44. The van der Waals surface area contributed by atoms with Crippen LogP contribution in [-0.2, 0) is 16.6 Å². The van der Waals surface area contributed by atoms with Gasteiger partial charge < -0.3 is 15.0 Å². The number of likely N-dealkylation sites (tertiary alicyclic amines) is 1. The highest BCUT2D eigenvalue weighted by atomic mass is 16.5. The van der Waals surface area contributed by atoms with Gasteiger partial charge in [-0.2, -0.15) is 10.4 Å². The van der Waals surface area contributed by atoms with Crippen LogP contribution in [-0.4, -0.2) is 57.4 Å². The third-order valence-corrected chi connectivity index (χ3v) is 4.98. The first-order chi connectivity index (χ1) is 13.0. The van der Waals surface area contributed by atoms with Crippen LogP contribution in [0.5, 0.6) is 0 Å². The van der Waals surface area contributed by atoms with E-state index in [0.717, 1.165) is 11.3 Å². The van der Waals surface area contributed by atoms with E-state index in [-0.39, 0.29) is 23.6 Å². The molecule has 9 nitrogen and oxygen atoms in total. The van der Waals surface area contributed by atoms with Crippen molar-refractivity contribution in [3.63, 3.8) is 0 Å². The molecule has 0 aromatic carbocycles. The average molecular weight is 369 g/mol. The fraction of sp³-hybridized carbons (Fsp3) is 0.500. The van der Waals surface area contributed by atoms with E-state index in [4.69, 9.17) is 10.00 Å². The SMILES string of the molecule is COCCN1C(=O)C[C@@H](CNc2cnc(C#N)cn2)[C@@H]1c1cnn(C)c1C. The molecule has 0 saturated carbocycles. The summed E-state index contributed by atoms with van der Waals surface area (Å²) in [5.41, 5.74) is 2.36. The number of anilines is 1. The first-order valence-corrected chi connectivity index (χ1v) is 8.78. The van der Waals surface area contributed by atoms with Gasteiger partial charge in [-0.25, -0.2) is 9.97 Å². The van der Waals surface area contributed by atoms with Crippen LogP contribution < -0.4 is 5.32 Å². The quantitative estimate of drug-likeness (QED) is 0.776. The van der Waals surface area contributed by atoms with E-state index >= 15 is 0 Å². The lowest BCUT2D eigenvalue weighted by molar-refractivity contribution is -0.129. The Balaban J connectivity index is 1.79. The summed E-state index contributed by atoms with van der Waals surface area (Å²) >= 11 is 0. The summed E-state index contributed by atoms with van der Waals surface area (Å²) in [6.07, 6.45) is 5.24. The standard InChI is InChI=1S/C18H23N7O2/c1-12-15(10-23-24(12)2)18-13(6-17(26)25(18)4-5-27-3)8-21-16-11-20-14(7-19)9-22-16/h9-11,13,18H,4-6,8H2,1-3H3,(H,21,22)/t13-,18+/m0/s1. The molecule has 0 unspecified atom stereocenters. The molecule has 2 atom stereocenters. The van der Waals surface area contributed by atoms with Gasteiger partial charge in [0.15, 0.2) is 5.69 Å². The Morgan fingerprint density at radius 3 is 2.78 bits per heavy atom. The molecule has 142 valence electrons. The van der Waals surface area contributed by atoms with Crippen LogP contribution in [0.1, 0.15) is 29.4 Å². The minimum atomic E-state index is -0.0693. The molecule has 1 aliphatic heterocycles. The summed E-state index contributed by atoms with van der Waals surface area (Å²) < 4.78 is 7.01. The summed E-state index contributed by atoms with van der Waals surface area (Å²) in [5.74, 6) is 0.756. The molecule has 0 aliphatic carbocycles. The zero-order valence-corrected chi connectivity index (χ0v) is 15.7. The molecule has 0 radical (unpaired) electrons. The van der Waals surface area contributed by atoms with Gasteiger partial charge in [0.05, 0.1) is 31.2 Å². The van der Waals surface area contributed by atoms with Crippen molar-refractivity contribution in [1.82, 2.24) is 24.6 Å². The molecular formula is C18H23N7O2. The zero-order valence-electron chi connectivity index (χ0n) is 15.7. The van der Waals surface area contributed by atoms with Gasteiger partial charge in [-0.05, 0) is 6.92 Å². The Hall–Kier alpha value is -2.99. The highest BCUT2D eigenvalue weighted by molar-refractivity contribution is 5.80. The fourth-order valence-electron chi connectivity index (χ4n) is 3.44. The lowest BCUT2D eigenvalue weighted by atomic mass is 9.94. The van der Waals surface area contributed by atoms with Gasteiger partial charge in [-0.15, -0.1) is 0 Å². The number of amides is 1. The van der Waals surface area contributed by atoms with Gasteiger partial charge >= 0.3 is 0 Å². The minimum absolute atomic E-state index is 0.0645. The van der Waals surface area contributed by atoms with E-state index in [2.05, 4.69) is 20.4 Å². The molecule has 2 aromatic rings. The third kappa shape index (κ3) is 3.90. The molecule has 9 heteroatoms. The zero-order chi connectivity index (χ0) is 19.4. The number of nitrogens with one attached hydrogen (secondary N) is 1. The van der Waals surface area contributed by atoms with E-state index in [9.17, 15) is 4.79 Å². The first kappa shape index (κ1) is 18.8. The lowest BCUT2D eigenvalue weighted by Crippen LogP contribution is -2.33. The van der Waals surface area contributed by atoms with E-state index in [1.54, 1.807) is 7.11 Å². The Bertz CT molecular complexity index is 840. The smallest absolute Gasteiger partial charge is 0.223 e. The van der Waals surface area contributed by atoms with Crippen molar-refractivity contribution in [2.24, 2.45) is 13.0 Å². The molecule has 2 aromatic heterocycles. The van der Waals surface area contributed by atoms with Crippen LogP contribution >= 0.6 is 0 Å². The average Bonchev–Trinajstić information content (AvgIpc) is 3.17. The van der Waals surface area contributed by atoms with Crippen molar-refractivity contribution in [3.05, 3.63) is 35.5 Å². The van der Waals surface area contributed by atoms with E-state index in [1.807, 2.05) is 35.8 Å². The van der Waals surface area contributed by atoms with Crippen molar-refractivity contribution in [3.8, 4) is 6.07 Å². The maximum atomic E-state index is 12.6. The van der Waals surface area contributed by atoms with Crippen LogP contribution in [0.2, 0.25) is 0 Å². The summed E-state index contributed by atoms with van der Waals surface area (Å²) in [5, 5.41) is 16.4. The topological polar surface area (TPSA) is 109 Å². The van der Waals surface area contributed by atoms with Crippen molar-refractivity contribution in [2.75, 3.05) is 32.1 Å². The number of methoxy groups -OCH3 is 1. The summed E-state index contributed by atoms with van der Waals surface area (Å²) in [4.78, 5) is 22.7. The second kappa shape index (κ2) is 8.14. The molecule has 0 bridgehead atoms. The van der Waals surface area contributed by atoms with Crippen LogP contribution in [0.3, 0.4) is 0 Å². The van der Waals surface area contributed by atoms with Gasteiger partial charge in [0.1, 0.15) is 11.9 Å². The van der Waals surface area contributed by atoms with Crippen molar-refractivity contribution >= 4 is 11.7 Å². The molecule has 1 fully saturated rings. The van der Waals surface area contributed by atoms with Crippen LogP contribution in [0.15, 0.2) is 18.6 Å². The molecule has 1 N–H and O–H groups in total. The Morgan fingerprint density at radius 2 is 2.19 bits per heavy atom. The summed E-state index contributed by atoms with van der Waals surface area (Å²) in [6.45, 7) is 3.61. The molecule has 3 heterocycles. The van der Waals surface area contributed by atoms with Crippen LogP contribution in [0.25, 0.3) is 0 Å². The number of carbonyl (C=O) groups is 1. The molecule has 1 amide bonds. The monoisotopic (exact) mass is 369 g/mol. The number of nitrogens with zero attached hydrogens (tertiary/aromatic N) is 6. The number of aryl methyl sites for hydroxylation is 1. The first-order valence-electron chi connectivity index (χ1n) is 8.78. The minimum Gasteiger partial charge on any atom is -0.383 e. The lowest BCUT2D eigenvalue weighted by Gasteiger charge is -2.28. The highest BCUT2D eigenvalue weighted by Crippen LogP contribution is 2.39. The number of nitriles is 1. The Kier molecular flexibility index (Phi) is 5.66. The van der Waals surface area contributed by atoms with Gasteiger partial charge in [-0.3, -0.25) is 9.48 Å². The predicted octanol–water partition coefficient (Wildman–Crippen LogP) is 1.04. The highest BCUT2D eigenvalue weighted by Gasteiger charge is 2.41. The molecule has 1 saturated heterocycles. The maximum Gasteiger partial charge on any atom is 0.223 e. The number of hydrogen-bond acceptors (Lipinski definition) is 7. The molecule has 0 spiro atoms. The van der Waals surface area contributed by atoms with Crippen molar-refractivity contribution in [2.45, 2.75) is 19.4 Å². The predicted molar refractivity (Wildman–Crippen MR) is 97.6 cm³/mol. The van der Waals surface area contributed by atoms with Gasteiger partial charge in [0.25, 0.3) is 0 Å². The van der Waals surface area contributed by atoms with E-state index in [1.165, 1.54) is 12.4 Å². The van der Waals surface area contributed by atoms with Crippen molar-refractivity contribution < 1.29 is 9.53 Å². The molecule has 3 rings (SSSR count). The second-order valence-corrected chi connectivity index (χ2v) is 6.58. The van der Waals surface area contributed by atoms with Gasteiger partial charge in [0.2, 0.25) is 5.91 Å². The van der Waals surface area contributed by atoms with Crippen molar-refractivity contribution in [1.29, 1.82) is 5.26 Å². The molecule has 1 aliphatic rings. The Morgan fingerprint density at radius 1 is 1.37 bits per heavy atom. The largest absolute Gasteiger partial charge is 0.383 e. The molecular weight excluding hydrogens is 346 g/mol. The normalized spacial score (nSPS) is 19.3. The number of ether oxygens (including phenoxy) is 1. The second-order valence-electron chi connectivity index (χ2n) is 6.58. The van der Waals surface area contributed by atoms with Crippen LogP contribution in [0, 0.1) is 24.2 Å². The number of rotatable bonds is 7. The van der Waals surface area contributed by atoms with Gasteiger partial charge in [0, 0.05) is 50.8 Å². The Labute approximate surface area is 158 Å². The van der Waals surface area contributed by atoms with E-state index < -0.39 is 0 Å². The summed E-state index contributed by atoms with van der Waals surface area (Å²) in [6, 6.07) is 1.88. The number of carbonyl (C=O) groups excluding carboxylic acids is 1. The van der Waals surface area contributed by atoms with Crippen LogP contribution in [0.4, 0.5) is 5.82 Å². The molecule has 27 heavy (non-hydrogen) atoms. The summed E-state index contributed by atoms with van der Waals surface area (Å²) in [7, 11) is 3.53. The van der Waals surface area contributed by atoms with E-state index in [0.29, 0.717) is 31.9 Å².